The Morgan fingerprint density at radius 1 is 0.810 bits per heavy atom. The minimum Gasteiger partial charge on any atom is -0.393 e. The first-order valence-corrected chi connectivity index (χ1v) is 9.49. The topological polar surface area (TPSA) is 20.2 Å². The molecule has 0 radical (unpaired) electrons. The summed E-state index contributed by atoms with van der Waals surface area (Å²) in [7, 11) is 0. The molecule has 1 nitrogen and oxygen atoms in total. The molecule has 2 atom stereocenters. The molecular weight excluding hydrogens is 256 g/mol. The van der Waals surface area contributed by atoms with E-state index in [2.05, 4.69) is 20.4 Å². The van der Waals surface area contributed by atoms with Crippen LogP contribution in [0.1, 0.15) is 104 Å². The van der Waals surface area contributed by atoms with Crippen molar-refractivity contribution in [3.63, 3.8) is 0 Å². The fourth-order valence-electron chi connectivity index (χ4n) is 2.88. The van der Waals surface area contributed by atoms with Gasteiger partial charge >= 0.3 is 0 Å². The highest BCUT2D eigenvalue weighted by atomic mass is 16.3. The molecular formula is C20H40O. The summed E-state index contributed by atoms with van der Waals surface area (Å²) in [5, 5.41) is 9.98. The number of rotatable bonds is 16. The van der Waals surface area contributed by atoms with Gasteiger partial charge in [-0.15, -0.1) is 6.58 Å². The third kappa shape index (κ3) is 15.9. The monoisotopic (exact) mass is 296 g/mol. The second kappa shape index (κ2) is 16.1. The van der Waals surface area contributed by atoms with Crippen molar-refractivity contribution in [3.8, 4) is 0 Å². The van der Waals surface area contributed by atoms with E-state index >= 15 is 0 Å². The fourth-order valence-corrected chi connectivity index (χ4v) is 2.88. The van der Waals surface area contributed by atoms with Gasteiger partial charge in [0.15, 0.2) is 0 Å². The SMILES string of the molecule is C=CCCCCCCCC(C)CCC(O)CCCCCC. The van der Waals surface area contributed by atoms with E-state index in [0.717, 1.165) is 18.8 Å². The predicted molar refractivity (Wildman–Crippen MR) is 95.7 cm³/mol. The summed E-state index contributed by atoms with van der Waals surface area (Å²) < 4.78 is 0. The maximum absolute atomic E-state index is 9.98. The molecule has 0 aliphatic heterocycles. The van der Waals surface area contributed by atoms with E-state index < -0.39 is 0 Å². The van der Waals surface area contributed by atoms with E-state index in [0.29, 0.717) is 0 Å². The molecule has 126 valence electrons. The zero-order valence-corrected chi connectivity index (χ0v) is 14.8. The van der Waals surface area contributed by atoms with Gasteiger partial charge in [-0.2, -0.15) is 0 Å². The standard InChI is InChI=1S/C20H40O/c1-4-6-8-10-11-12-13-15-19(3)17-18-20(21)16-14-9-7-5-2/h4,19-21H,1,5-18H2,2-3H3. The van der Waals surface area contributed by atoms with Gasteiger partial charge in [0.25, 0.3) is 0 Å². The molecule has 0 aliphatic carbocycles. The van der Waals surface area contributed by atoms with Crippen molar-refractivity contribution in [3.05, 3.63) is 12.7 Å². The third-order valence-corrected chi connectivity index (χ3v) is 4.49. The Hall–Kier alpha value is -0.300. The summed E-state index contributed by atoms with van der Waals surface area (Å²) in [5.74, 6) is 0.781. The molecule has 2 unspecified atom stereocenters. The van der Waals surface area contributed by atoms with E-state index in [9.17, 15) is 5.11 Å². The maximum atomic E-state index is 9.98. The van der Waals surface area contributed by atoms with E-state index in [1.165, 1.54) is 77.0 Å². The van der Waals surface area contributed by atoms with Crippen molar-refractivity contribution < 1.29 is 5.11 Å². The minimum absolute atomic E-state index is 0.0526. The number of unbranched alkanes of at least 4 members (excludes halogenated alkanes) is 8. The zero-order chi connectivity index (χ0) is 15.8. The summed E-state index contributed by atoms with van der Waals surface area (Å²) >= 11 is 0. The van der Waals surface area contributed by atoms with Gasteiger partial charge in [0.1, 0.15) is 0 Å². The highest BCUT2D eigenvalue weighted by Gasteiger charge is 2.08. The molecule has 0 spiro atoms. The molecule has 0 rings (SSSR count). The molecule has 0 heterocycles. The minimum atomic E-state index is -0.0526. The molecule has 1 heteroatoms. The second-order valence-corrected chi connectivity index (χ2v) is 6.82. The molecule has 21 heavy (non-hydrogen) atoms. The van der Waals surface area contributed by atoms with E-state index in [1.54, 1.807) is 0 Å². The second-order valence-electron chi connectivity index (χ2n) is 6.82. The molecule has 0 saturated carbocycles. The summed E-state index contributed by atoms with van der Waals surface area (Å²) in [6.07, 6.45) is 19.6. The van der Waals surface area contributed by atoms with Crippen LogP contribution in [0, 0.1) is 5.92 Å². The van der Waals surface area contributed by atoms with Crippen molar-refractivity contribution in [1.29, 1.82) is 0 Å². The third-order valence-electron chi connectivity index (χ3n) is 4.49. The molecule has 0 aromatic carbocycles. The normalized spacial score (nSPS) is 14.0. The summed E-state index contributed by atoms with van der Waals surface area (Å²) in [4.78, 5) is 0. The Balaban J connectivity index is 3.32. The molecule has 0 amide bonds. The molecule has 0 aromatic rings. The molecule has 0 saturated heterocycles. The Bertz CT molecular complexity index is 212. The largest absolute Gasteiger partial charge is 0.393 e. The van der Waals surface area contributed by atoms with Crippen molar-refractivity contribution in [1.82, 2.24) is 0 Å². The summed E-state index contributed by atoms with van der Waals surface area (Å²) in [6.45, 7) is 8.34. The van der Waals surface area contributed by atoms with Crippen molar-refractivity contribution in [2.24, 2.45) is 5.92 Å². The van der Waals surface area contributed by atoms with Crippen LogP contribution in [0.4, 0.5) is 0 Å². The number of aliphatic hydroxyl groups excluding tert-OH is 1. The first-order chi connectivity index (χ1) is 10.2. The summed E-state index contributed by atoms with van der Waals surface area (Å²) in [5.41, 5.74) is 0. The van der Waals surface area contributed by atoms with Crippen LogP contribution in [-0.4, -0.2) is 11.2 Å². The summed E-state index contributed by atoms with van der Waals surface area (Å²) in [6, 6.07) is 0. The van der Waals surface area contributed by atoms with Gasteiger partial charge in [0.2, 0.25) is 0 Å². The lowest BCUT2D eigenvalue weighted by atomic mass is 9.95. The predicted octanol–water partition coefficient (Wildman–Crippen LogP) is 6.65. The van der Waals surface area contributed by atoms with E-state index in [-0.39, 0.29) is 6.10 Å². The number of aliphatic hydroxyl groups is 1. The Morgan fingerprint density at radius 2 is 1.43 bits per heavy atom. The lowest BCUT2D eigenvalue weighted by Crippen LogP contribution is -2.08. The van der Waals surface area contributed by atoms with Crippen LogP contribution < -0.4 is 0 Å². The van der Waals surface area contributed by atoms with Gasteiger partial charge in [-0.25, -0.2) is 0 Å². The molecule has 1 N–H and O–H groups in total. The first-order valence-electron chi connectivity index (χ1n) is 9.49. The van der Waals surface area contributed by atoms with Gasteiger partial charge < -0.3 is 5.11 Å². The van der Waals surface area contributed by atoms with Gasteiger partial charge in [-0.05, 0) is 38.0 Å². The van der Waals surface area contributed by atoms with Crippen LogP contribution in [0.2, 0.25) is 0 Å². The Kier molecular flexibility index (Phi) is 15.8. The maximum Gasteiger partial charge on any atom is 0.0540 e. The molecule has 0 aliphatic rings. The molecule has 0 bridgehead atoms. The smallest absolute Gasteiger partial charge is 0.0540 e. The van der Waals surface area contributed by atoms with E-state index in [1.807, 2.05) is 6.08 Å². The fraction of sp³-hybridized carbons (Fsp3) is 0.900. The average molecular weight is 297 g/mol. The van der Waals surface area contributed by atoms with Gasteiger partial charge in [0.05, 0.1) is 6.10 Å². The average Bonchev–Trinajstić information content (AvgIpc) is 2.48. The number of hydrogen-bond donors (Lipinski definition) is 1. The van der Waals surface area contributed by atoms with Gasteiger partial charge in [-0.3, -0.25) is 0 Å². The van der Waals surface area contributed by atoms with Crippen LogP contribution in [0.25, 0.3) is 0 Å². The van der Waals surface area contributed by atoms with Gasteiger partial charge in [0, 0.05) is 0 Å². The lowest BCUT2D eigenvalue weighted by Gasteiger charge is -2.15. The molecule has 0 aromatic heterocycles. The Morgan fingerprint density at radius 3 is 2.14 bits per heavy atom. The van der Waals surface area contributed by atoms with Crippen molar-refractivity contribution in [2.75, 3.05) is 0 Å². The Labute approximate surface area is 134 Å². The van der Waals surface area contributed by atoms with Crippen LogP contribution >= 0.6 is 0 Å². The van der Waals surface area contributed by atoms with Crippen molar-refractivity contribution >= 4 is 0 Å². The highest BCUT2D eigenvalue weighted by Crippen LogP contribution is 2.19. The van der Waals surface area contributed by atoms with Gasteiger partial charge in [-0.1, -0.05) is 77.7 Å². The number of allylic oxidation sites excluding steroid dienone is 1. The van der Waals surface area contributed by atoms with Crippen molar-refractivity contribution in [2.45, 2.75) is 110 Å². The van der Waals surface area contributed by atoms with Crippen LogP contribution in [0.5, 0.6) is 0 Å². The highest BCUT2D eigenvalue weighted by molar-refractivity contribution is 4.65. The van der Waals surface area contributed by atoms with E-state index in [4.69, 9.17) is 0 Å². The zero-order valence-electron chi connectivity index (χ0n) is 14.8. The number of hydrogen-bond acceptors (Lipinski definition) is 1. The quantitative estimate of drug-likeness (QED) is 0.250. The lowest BCUT2D eigenvalue weighted by molar-refractivity contribution is 0.141. The molecule has 0 fully saturated rings. The van der Waals surface area contributed by atoms with Crippen LogP contribution in [0.3, 0.4) is 0 Å². The van der Waals surface area contributed by atoms with Crippen LogP contribution in [-0.2, 0) is 0 Å². The van der Waals surface area contributed by atoms with Crippen LogP contribution in [0.15, 0.2) is 12.7 Å². The first kappa shape index (κ1) is 20.7.